The first-order valence-corrected chi connectivity index (χ1v) is 15.7. The number of carbonyl (C=O) groups is 1. The Bertz CT molecular complexity index is 1610. The van der Waals surface area contributed by atoms with E-state index in [1.807, 2.05) is 47.1 Å². The number of halogens is 2. The highest BCUT2D eigenvalue weighted by Crippen LogP contribution is 2.35. The summed E-state index contributed by atoms with van der Waals surface area (Å²) in [5.41, 5.74) is 5.86. The summed E-state index contributed by atoms with van der Waals surface area (Å²) in [6.07, 6.45) is 3.60. The summed E-state index contributed by atoms with van der Waals surface area (Å²) in [5.74, 6) is -1.95. The van der Waals surface area contributed by atoms with Crippen LogP contribution in [0, 0.1) is 18.6 Å². The van der Waals surface area contributed by atoms with Crippen LogP contribution in [0.5, 0.6) is 0 Å². The molecule has 44 heavy (non-hydrogen) atoms. The summed E-state index contributed by atoms with van der Waals surface area (Å²) >= 11 is 0. The van der Waals surface area contributed by atoms with E-state index < -0.39 is 17.9 Å². The molecule has 6 nitrogen and oxygen atoms in total. The number of hydrogen-bond donors (Lipinski definition) is 1. The van der Waals surface area contributed by atoms with Crippen LogP contribution >= 0.6 is 0 Å². The van der Waals surface area contributed by atoms with E-state index in [-0.39, 0.29) is 11.9 Å². The lowest BCUT2D eigenvalue weighted by molar-refractivity contribution is -0.0344. The largest absolute Gasteiger partial charge is 0.374 e. The first-order valence-electron chi connectivity index (χ1n) is 15.7. The highest BCUT2D eigenvalue weighted by molar-refractivity contribution is 5.92. The van der Waals surface area contributed by atoms with Crippen molar-refractivity contribution in [2.75, 3.05) is 13.1 Å². The lowest BCUT2D eigenvalue weighted by atomic mass is 9.93. The van der Waals surface area contributed by atoms with E-state index in [0.29, 0.717) is 47.7 Å². The zero-order valence-electron chi connectivity index (χ0n) is 26.1. The second kappa shape index (κ2) is 13.8. The molecule has 1 N–H and O–H groups in total. The SMILES string of the molecule is CCCCN(CCCC)C(=O)c1cc(C)n(-c2ccc(-c3ccc(F)c(F)c3)cc2C(O)N2Cc3ccccc3C[C@H]2C)n1. The van der Waals surface area contributed by atoms with Crippen molar-refractivity contribution >= 4 is 5.91 Å². The molecule has 0 saturated carbocycles. The number of amides is 1. The molecule has 1 unspecified atom stereocenters. The van der Waals surface area contributed by atoms with Gasteiger partial charge in [0.1, 0.15) is 6.23 Å². The second-order valence-corrected chi connectivity index (χ2v) is 11.9. The number of aliphatic hydroxyl groups is 1. The van der Waals surface area contributed by atoms with Gasteiger partial charge in [-0.05, 0) is 85.7 Å². The Balaban J connectivity index is 1.57. The van der Waals surface area contributed by atoms with Crippen LogP contribution in [0.25, 0.3) is 16.8 Å². The first-order chi connectivity index (χ1) is 21.2. The molecule has 0 radical (unpaired) electrons. The fourth-order valence-electron chi connectivity index (χ4n) is 6.01. The molecule has 0 saturated heterocycles. The van der Waals surface area contributed by atoms with Crippen molar-refractivity contribution in [2.45, 2.75) is 78.6 Å². The molecular weight excluding hydrogens is 558 g/mol. The third-order valence-corrected chi connectivity index (χ3v) is 8.61. The molecule has 0 bridgehead atoms. The van der Waals surface area contributed by atoms with Crippen LogP contribution < -0.4 is 0 Å². The molecule has 1 amide bonds. The average molecular weight is 601 g/mol. The molecule has 2 atom stereocenters. The molecule has 1 aliphatic rings. The van der Waals surface area contributed by atoms with Crippen LogP contribution in [0.3, 0.4) is 0 Å². The maximum atomic E-state index is 14.2. The Hall–Kier alpha value is -3.88. The maximum Gasteiger partial charge on any atom is 0.274 e. The van der Waals surface area contributed by atoms with Crippen molar-refractivity contribution < 1.29 is 18.7 Å². The van der Waals surface area contributed by atoms with E-state index in [1.165, 1.54) is 11.6 Å². The summed E-state index contributed by atoms with van der Waals surface area (Å²) in [5, 5.41) is 16.8. The summed E-state index contributed by atoms with van der Waals surface area (Å²) in [6.45, 7) is 10.1. The van der Waals surface area contributed by atoms with Gasteiger partial charge in [0.25, 0.3) is 5.91 Å². The number of unbranched alkanes of at least 4 members (excludes halogenated alkanes) is 2. The minimum Gasteiger partial charge on any atom is -0.374 e. The number of fused-ring (bicyclic) bond motifs is 1. The van der Waals surface area contributed by atoms with Gasteiger partial charge in [-0.2, -0.15) is 5.10 Å². The number of benzene rings is 3. The van der Waals surface area contributed by atoms with Gasteiger partial charge in [0.15, 0.2) is 17.3 Å². The first kappa shape index (κ1) is 31.5. The number of hydrogen-bond acceptors (Lipinski definition) is 4. The van der Waals surface area contributed by atoms with E-state index in [2.05, 4.69) is 32.9 Å². The lowest BCUT2D eigenvalue weighted by Crippen LogP contribution is -2.41. The molecule has 2 heterocycles. The Kier molecular flexibility index (Phi) is 9.91. The predicted octanol–water partition coefficient (Wildman–Crippen LogP) is 7.61. The van der Waals surface area contributed by atoms with Crippen LogP contribution in [0.1, 0.15) is 85.6 Å². The minimum atomic E-state index is -1.02. The van der Waals surface area contributed by atoms with Gasteiger partial charge in [-0.3, -0.25) is 9.69 Å². The normalized spacial score (nSPS) is 15.7. The van der Waals surface area contributed by atoms with Crippen LogP contribution in [-0.2, 0) is 13.0 Å². The summed E-state index contributed by atoms with van der Waals surface area (Å²) in [4.78, 5) is 17.5. The lowest BCUT2D eigenvalue weighted by Gasteiger charge is -2.38. The predicted molar refractivity (Wildman–Crippen MR) is 169 cm³/mol. The zero-order chi connectivity index (χ0) is 31.4. The van der Waals surface area contributed by atoms with Crippen molar-refractivity contribution in [3.8, 4) is 16.8 Å². The fraction of sp³-hybridized carbons (Fsp3) is 0.389. The van der Waals surface area contributed by atoms with E-state index in [0.717, 1.165) is 55.5 Å². The molecule has 8 heteroatoms. The smallest absolute Gasteiger partial charge is 0.274 e. The number of nitrogens with zero attached hydrogens (tertiary/aromatic N) is 4. The average Bonchev–Trinajstić information content (AvgIpc) is 3.42. The number of aliphatic hydroxyl groups excluding tert-OH is 1. The van der Waals surface area contributed by atoms with Gasteiger partial charge in [-0.1, -0.05) is 63.1 Å². The van der Waals surface area contributed by atoms with Gasteiger partial charge < -0.3 is 10.0 Å². The Morgan fingerprint density at radius 3 is 2.30 bits per heavy atom. The van der Waals surface area contributed by atoms with Crippen molar-refractivity contribution in [1.82, 2.24) is 19.6 Å². The number of aromatic nitrogens is 2. The Morgan fingerprint density at radius 2 is 1.61 bits per heavy atom. The third-order valence-electron chi connectivity index (χ3n) is 8.61. The molecule has 232 valence electrons. The molecule has 1 aliphatic heterocycles. The molecule has 0 fully saturated rings. The number of rotatable bonds is 11. The minimum absolute atomic E-state index is 0.0428. The Labute approximate surface area is 258 Å². The molecule has 0 aliphatic carbocycles. The fourth-order valence-corrected chi connectivity index (χ4v) is 6.01. The quantitative estimate of drug-likeness (QED) is 0.193. The molecule has 5 rings (SSSR count). The summed E-state index contributed by atoms with van der Waals surface area (Å²) in [6, 6.07) is 19.3. The van der Waals surface area contributed by atoms with Gasteiger partial charge in [0.05, 0.1) is 5.69 Å². The van der Waals surface area contributed by atoms with Crippen LogP contribution in [0.4, 0.5) is 8.78 Å². The van der Waals surface area contributed by atoms with Crippen LogP contribution in [0.2, 0.25) is 0 Å². The van der Waals surface area contributed by atoms with Crippen molar-refractivity contribution in [1.29, 1.82) is 0 Å². The summed E-state index contributed by atoms with van der Waals surface area (Å²) < 4.78 is 29.7. The van der Waals surface area contributed by atoms with E-state index in [9.17, 15) is 18.7 Å². The number of carbonyl (C=O) groups excluding carboxylic acids is 1. The highest BCUT2D eigenvalue weighted by Gasteiger charge is 2.31. The van der Waals surface area contributed by atoms with Crippen LogP contribution in [0.15, 0.2) is 66.7 Å². The van der Waals surface area contributed by atoms with Crippen molar-refractivity contribution in [3.05, 3.63) is 106 Å². The molecule has 3 aromatic carbocycles. The second-order valence-electron chi connectivity index (χ2n) is 11.9. The monoisotopic (exact) mass is 600 g/mol. The van der Waals surface area contributed by atoms with E-state index >= 15 is 0 Å². The molecule has 1 aromatic heterocycles. The topological polar surface area (TPSA) is 61.6 Å². The maximum absolute atomic E-state index is 14.2. The van der Waals surface area contributed by atoms with Gasteiger partial charge in [-0.15, -0.1) is 0 Å². The van der Waals surface area contributed by atoms with E-state index in [1.54, 1.807) is 10.7 Å². The van der Waals surface area contributed by atoms with Gasteiger partial charge in [0.2, 0.25) is 0 Å². The van der Waals surface area contributed by atoms with Gasteiger partial charge in [-0.25, -0.2) is 13.5 Å². The zero-order valence-corrected chi connectivity index (χ0v) is 26.1. The highest BCUT2D eigenvalue weighted by atomic mass is 19.2. The number of aryl methyl sites for hydroxylation is 1. The van der Waals surface area contributed by atoms with Crippen molar-refractivity contribution in [3.63, 3.8) is 0 Å². The molecular formula is C36H42F2N4O2. The van der Waals surface area contributed by atoms with E-state index in [4.69, 9.17) is 5.10 Å². The van der Waals surface area contributed by atoms with Crippen LogP contribution in [-0.4, -0.2) is 49.7 Å². The van der Waals surface area contributed by atoms with Gasteiger partial charge >= 0.3 is 0 Å². The molecule has 0 spiro atoms. The Morgan fingerprint density at radius 1 is 0.955 bits per heavy atom. The molecule has 4 aromatic rings. The summed E-state index contributed by atoms with van der Waals surface area (Å²) in [7, 11) is 0. The third kappa shape index (κ3) is 6.61. The van der Waals surface area contributed by atoms with Gasteiger partial charge in [0, 0.05) is 36.9 Å². The standard InChI is InChI=1S/C36H42F2N4O2/c1-5-7-17-40(18-8-6-2)36(44)33-20-25(4)42(39-33)34-16-14-27(28-13-15-31(37)32(38)22-28)21-30(34)35(43)41-23-29-12-10-9-11-26(29)19-24(41)3/h9-16,20-22,24,35,43H,5-8,17-19,23H2,1-4H3/t24-,35?/m1/s1. The van der Waals surface area contributed by atoms with Crippen molar-refractivity contribution in [2.24, 2.45) is 0 Å².